The Balaban J connectivity index is 1.44. The van der Waals surface area contributed by atoms with E-state index in [2.05, 4.69) is 167 Å². The summed E-state index contributed by atoms with van der Waals surface area (Å²) in [7, 11) is -2.75. The smallest absolute Gasteiger partial charge is 0.179 e. The molecule has 8 rings (SSSR count). The summed E-state index contributed by atoms with van der Waals surface area (Å²) in [5, 5.41) is 7.58. The van der Waals surface area contributed by atoms with Gasteiger partial charge in [0.2, 0.25) is 0 Å². The summed E-state index contributed by atoms with van der Waals surface area (Å²) in [6, 6.07) is 59.6. The van der Waals surface area contributed by atoms with Gasteiger partial charge in [0, 0.05) is 22.7 Å². The molecule has 0 spiro atoms. The average Bonchev–Trinajstić information content (AvgIpc) is 3.44. The van der Waals surface area contributed by atoms with Gasteiger partial charge in [-0.05, 0) is 50.1 Å². The average molecular weight is 580 g/mol. The summed E-state index contributed by atoms with van der Waals surface area (Å²) in [6.07, 6.45) is 3.60. The molecule has 4 heteroatoms. The number of benzene rings is 6. The molecule has 0 atom stereocenters. The molecule has 0 unspecified atom stereocenters. The third-order valence-corrected chi connectivity index (χ3v) is 13.5. The van der Waals surface area contributed by atoms with Gasteiger partial charge in [0.05, 0.1) is 5.52 Å². The van der Waals surface area contributed by atoms with Crippen LogP contribution in [-0.4, -0.2) is 22.6 Å². The molecule has 8 aromatic rings. The van der Waals surface area contributed by atoms with Crippen molar-refractivity contribution in [2.75, 3.05) is 0 Å². The molecular formula is C40H29N3Si. The van der Waals surface area contributed by atoms with Gasteiger partial charge in [-0.25, -0.2) is 9.97 Å². The van der Waals surface area contributed by atoms with Gasteiger partial charge in [-0.2, -0.15) is 0 Å². The van der Waals surface area contributed by atoms with Crippen molar-refractivity contribution in [1.82, 2.24) is 14.5 Å². The third kappa shape index (κ3) is 4.19. The van der Waals surface area contributed by atoms with Crippen molar-refractivity contribution in [3.63, 3.8) is 0 Å². The molecule has 0 fully saturated rings. The second-order valence-corrected chi connectivity index (χ2v) is 14.9. The lowest BCUT2D eigenvalue weighted by Crippen LogP contribution is -2.74. The van der Waals surface area contributed by atoms with Crippen LogP contribution in [0.1, 0.15) is 0 Å². The first-order valence-electron chi connectivity index (χ1n) is 14.9. The molecule has 0 N–H and O–H groups in total. The monoisotopic (exact) mass is 579 g/mol. The molecule has 0 radical (unpaired) electrons. The van der Waals surface area contributed by atoms with Crippen LogP contribution < -0.4 is 20.7 Å². The first-order chi connectivity index (χ1) is 21.8. The third-order valence-electron chi connectivity index (χ3n) is 8.72. The molecule has 208 valence electrons. The van der Waals surface area contributed by atoms with Gasteiger partial charge in [0.15, 0.2) is 8.07 Å². The molecule has 3 nitrogen and oxygen atoms in total. The molecule has 6 aromatic carbocycles. The first-order valence-corrected chi connectivity index (χ1v) is 16.9. The highest BCUT2D eigenvalue weighted by atomic mass is 28.3. The van der Waals surface area contributed by atoms with Crippen molar-refractivity contribution in [1.29, 1.82) is 0 Å². The molecule has 0 amide bonds. The Bertz CT molecular complexity index is 2150. The minimum absolute atomic E-state index is 0.914. The standard InChI is InChI=1S/C40H29N3Si/c1-5-13-30(14-6-1)31-21-23-35(24-22-31)44(33-17-9-3-10-18-33,34-19-11-4-12-20-34)36-25-26-39-37(27-36)38-28-41-29-42-40(38)43(39)32-15-7-2-8-16-32/h1-29H. The van der Waals surface area contributed by atoms with E-state index in [1.807, 2.05) is 12.3 Å². The zero-order chi connectivity index (χ0) is 29.3. The van der Waals surface area contributed by atoms with Crippen LogP contribution in [-0.2, 0) is 0 Å². The fourth-order valence-corrected chi connectivity index (χ4v) is 11.5. The van der Waals surface area contributed by atoms with Gasteiger partial charge in [-0.1, -0.05) is 146 Å². The van der Waals surface area contributed by atoms with Crippen LogP contribution in [0, 0.1) is 0 Å². The summed E-state index contributed by atoms with van der Waals surface area (Å²) in [6.45, 7) is 0. The van der Waals surface area contributed by atoms with Crippen LogP contribution in [0.15, 0.2) is 176 Å². The topological polar surface area (TPSA) is 30.7 Å². The number of aromatic nitrogens is 3. The number of fused-ring (bicyclic) bond motifs is 3. The summed E-state index contributed by atoms with van der Waals surface area (Å²) in [5.41, 5.74) is 5.57. The minimum atomic E-state index is -2.75. The Kier molecular flexibility index (Phi) is 6.47. The summed E-state index contributed by atoms with van der Waals surface area (Å²) >= 11 is 0. The SMILES string of the molecule is c1ccc(-c2ccc([Si](c3ccccc3)(c3ccccc3)c3ccc4c(c3)c3cncnc3n4-c3ccccc3)cc2)cc1. The van der Waals surface area contributed by atoms with E-state index in [9.17, 15) is 0 Å². The van der Waals surface area contributed by atoms with E-state index in [1.165, 1.54) is 31.9 Å². The van der Waals surface area contributed by atoms with Crippen molar-refractivity contribution >= 4 is 50.8 Å². The predicted molar refractivity (Wildman–Crippen MR) is 185 cm³/mol. The Morgan fingerprint density at radius 2 is 0.977 bits per heavy atom. The van der Waals surface area contributed by atoms with Crippen molar-refractivity contribution < 1.29 is 0 Å². The van der Waals surface area contributed by atoms with Gasteiger partial charge in [-0.3, -0.25) is 4.57 Å². The van der Waals surface area contributed by atoms with Crippen molar-refractivity contribution in [2.24, 2.45) is 0 Å². The summed E-state index contributed by atoms with van der Waals surface area (Å²) in [4.78, 5) is 9.22. The van der Waals surface area contributed by atoms with Gasteiger partial charge in [0.1, 0.15) is 12.0 Å². The van der Waals surface area contributed by atoms with Crippen LogP contribution in [0.25, 0.3) is 38.8 Å². The van der Waals surface area contributed by atoms with Gasteiger partial charge in [-0.15, -0.1) is 0 Å². The molecule has 0 aliphatic rings. The van der Waals surface area contributed by atoms with E-state index in [4.69, 9.17) is 4.98 Å². The number of para-hydroxylation sites is 1. The van der Waals surface area contributed by atoms with E-state index in [-0.39, 0.29) is 0 Å². The molecule has 0 saturated heterocycles. The number of hydrogen-bond donors (Lipinski definition) is 0. The lowest BCUT2D eigenvalue weighted by molar-refractivity contribution is 1.11. The molecule has 0 bridgehead atoms. The van der Waals surface area contributed by atoms with E-state index in [1.54, 1.807) is 6.33 Å². The molecule has 0 aliphatic carbocycles. The van der Waals surface area contributed by atoms with Crippen molar-refractivity contribution in [3.05, 3.63) is 176 Å². The highest BCUT2D eigenvalue weighted by Gasteiger charge is 2.41. The van der Waals surface area contributed by atoms with E-state index < -0.39 is 8.07 Å². The van der Waals surface area contributed by atoms with Gasteiger partial charge < -0.3 is 0 Å². The molecule has 44 heavy (non-hydrogen) atoms. The molecule has 0 saturated carbocycles. The highest BCUT2D eigenvalue weighted by Crippen LogP contribution is 2.30. The number of nitrogens with zero attached hydrogens (tertiary/aromatic N) is 3. The maximum absolute atomic E-state index is 4.76. The fourth-order valence-electron chi connectivity index (χ4n) is 6.74. The van der Waals surface area contributed by atoms with E-state index in [0.29, 0.717) is 0 Å². The quantitative estimate of drug-likeness (QED) is 0.164. The maximum atomic E-state index is 4.76. The Morgan fingerprint density at radius 3 is 1.61 bits per heavy atom. The second kappa shape index (κ2) is 10.9. The molecule has 0 aliphatic heterocycles. The zero-order valence-electron chi connectivity index (χ0n) is 24.1. The predicted octanol–water partition coefficient (Wildman–Crippen LogP) is 6.62. The minimum Gasteiger partial charge on any atom is -0.294 e. The fraction of sp³-hybridized carbons (Fsp3) is 0. The van der Waals surface area contributed by atoms with Gasteiger partial charge >= 0.3 is 0 Å². The summed E-state index contributed by atoms with van der Waals surface area (Å²) in [5.74, 6) is 0. The Labute approximate surface area is 257 Å². The van der Waals surface area contributed by atoms with Crippen LogP contribution in [0.5, 0.6) is 0 Å². The summed E-state index contributed by atoms with van der Waals surface area (Å²) < 4.78 is 2.25. The number of rotatable bonds is 6. The van der Waals surface area contributed by atoms with E-state index in [0.717, 1.165) is 27.6 Å². The Morgan fingerprint density at radius 1 is 0.455 bits per heavy atom. The molecule has 2 aromatic heterocycles. The maximum Gasteiger partial charge on any atom is 0.179 e. The van der Waals surface area contributed by atoms with Gasteiger partial charge in [0.25, 0.3) is 0 Å². The zero-order valence-corrected chi connectivity index (χ0v) is 25.1. The normalized spacial score (nSPS) is 11.6. The first kappa shape index (κ1) is 26.1. The van der Waals surface area contributed by atoms with E-state index >= 15 is 0 Å². The van der Waals surface area contributed by atoms with Crippen LogP contribution in [0.2, 0.25) is 0 Å². The van der Waals surface area contributed by atoms with Crippen LogP contribution in [0.3, 0.4) is 0 Å². The lowest BCUT2D eigenvalue weighted by Gasteiger charge is -2.34. The van der Waals surface area contributed by atoms with Crippen LogP contribution >= 0.6 is 0 Å². The highest BCUT2D eigenvalue weighted by molar-refractivity contribution is 7.20. The molecule has 2 heterocycles. The second-order valence-electron chi connectivity index (χ2n) is 11.1. The molecular weight excluding hydrogens is 551 g/mol. The van der Waals surface area contributed by atoms with Crippen molar-refractivity contribution in [2.45, 2.75) is 0 Å². The number of hydrogen-bond acceptors (Lipinski definition) is 2. The largest absolute Gasteiger partial charge is 0.294 e. The lowest BCUT2D eigenvalue weighted by atomic mass is 10.1. The van der Waals surface area contributed by atoms with Crippen LogP contribution in [0.4, 0.5) is 0 Å². The Hall–Kier alpha value is -5.58. The van der Waals surface area contributed by atoms with Crippen molar-refractivity contribution in [3.8, 4) is 16.8 Å².